The Morgan fingerprint density at radius 2 is 1.76 bits per heavy atom. The summed E-state index contributed by atoms with van der Waals surface area (Å²) < 4.78 is 0. The van der Waals surface area contributed by atoms with Crippen molar-refractivity contribution in [3.63, 3.8) is 0 Å². The number of aromatic nitrogens is 1. The van der Waals surface area contributed by atoms with Gasteiger partial charge in [0.2, 0.25) is 0 Å². The third-order valence-corrected chi connectivity index (χ3v) is 4.18. The number of nitrogens with zero attached hydrogens (tertiary/aromatic N) is 1. The molecule has 0 fully saturated rings. The number of hydrogen-bond acceptors (Lipinski definition) is 2. The van der Waals surface area contributed by atoms with E-state index in [0.717, 1.165) is 22.0 Å². The molecule has 0 amide bonds. The van der Waals surface area contributed by atoms with E-state index in [1.54, 1.807) is 12.3 Å². The second-order valence-corrected chi connectivity index (χ2v) is 5.66. The second-order valence-electron chi connectivity index (χ2n) is 4.85. The molecule has 0 aliphatic rings. The van der Waals surface area contributed by atoms with Gasteiger partial charge in [0.1, 0.15) is 0 Å². The lowest BCUT2D eigenvalue weighted by Gasteiger charge is -2.14. The molecule has 3 rings (SSSR count). The topological polar surface area (TPSA) is 33.1 Å². The highest BCUT2D eigenvalue weighted by atomic mass is 35.5. The van der Waals surface area contributed by atoms with Gasteiger partial charge in [-0.05, 0) is 29.8 Å². The summed E-state index contributed by atoms with van der Waals surface area (Å²) in [6.45, 7) is 0. The van der Waals surface area contributed by atoms with Crippen LogP contribution in [0.25, 0.3) is 10.9 Å². The maximum atomic E-state index is 10.5. The fourth-order valence-corrected chi connectivity index (χ4v) is 2.84. The summed E-state index contributed by atoms with van der Waals surface area (Å²) >= 11 is 12.3. The Balaban J connectivity index is 2.01. The molecule has 21 heavy (non-hydrogen) atoms. The van der Waals surface area contributed by atoms with E-state index in [4.69, 9.17) is 23.2 Å². The Labute approximate surface area is 133 Å². The highest BCUT2D eigenvalue weighted by Crippen LogP contribution is 2.31. The fraction of sp³-hybridized carbons (Fsp3) is 0.118. The Bertz CT molecular complexity index is 789. The Morgan fingerprint density at radius 1 is 0.952 bits per heavy atom. The van der Waals surface area contributed by atoms with Crippen molar-refractivity contribution in [1.29, 1.82) is 0 Å². The van der Waals surface area contributed by atoms with Crippen LogP contribution in [0.3, 0.4) is 0 Å². The summed E-state index contributed by atoms with van der Waals surface area (Å²) in [6, 6.07) is 14.9. The number of rotatable bonds is 3. The number of pyridine rings is 1. The summed E-state index contributed by atoms with van der Waals surface area (Å²) in [6.07, 6.45) is 1.46. The number of benzene rings is 2. The van der Waals surface area contributed by atoms with Crippen molar-refractivity contribution in [3.8, 4) is 0 Å². The second kappa shape index (κ2) is 6.02. The van der Waals surface area contributed by atoms with E-state index in [1.807, 2.05) is 42.5 Å². The number of hydrogen-bond donors (Lipinski definition) is 1. The molecule has 0 aliphatic heterocycles. The maximum Gasteiger partial charge on any atom is 0.0851 e. The molecule has 1 heterocycles. The zero-order valence-corrected chi connectivity index (χ0v) is 12.6. The maximum absolute atomic E-state index is 10.5. The van der Waals surface area contributed by atoms with Gasteiger partial charge in [-0.25, -0.2) is 0 Å². The molecule has 106 valence electrons. The van der Waals surface area contributed by atoms with E-state index in [0.29, 0.717) is 16.5 Å². The van der Waals surface area contributed by atoms with Gasteiger partial charge in [0, 0.05) is 33.6 Å². The van der Waals surface area contributed by atoms with Crippen molar-refractivity contribution in [2.45, 2.75) is 12.5 Å². The van der Waals surface area contributed by atoms with Crippen LogP contribution < -0.4 is 0 Å². The molecular formula is C17H13Cl2NO. The van der Waals surface area contributed by atoms with Crippen LogP contribution in [0.15, 0.2) is 54.7 Å². The average molecular weight is 318 g/mol. The minimum Gasteiger partial charge on any atom is -0.388 e. The van der Waals surface area contributed by atoms with Crippen molar-refractivity contribution in [3.05, 3.63) is 75.9 Å². The van der Waals surface area contributed by atoms with Crippen molar-refractivity contribution in [2.24, 2.45) is 0 Å². The Hall–Kier alpha value is -1.61. The minimum atomic E-state index is -0.681. The van der Waals surface area contributed by atoms with Gasteiger partial charge >= 0.3 is 0 Å². The van der Waals surface area contributed by atoms with Gasteiger partial charge in [0.25, 0.3) is 0 Å². The van der Waals surface area contributed by atoms with E-state index in [-0.39, 0.29) is 0 Å². The first kappa shape index (κ1) is 14.3. The molecule has 0 radical (unpaired) electrons. The van der Waals surface area contributed by atoms with Gasteiger partial charge in [-0.15, -0.1) is 0 Å². The summed E-state index contributed by atoms with van der Waals surface area (Å²) in [5, 5.41) is 12.7. The Kier molecular flexibility index (Phi) is 4.11. The molecule has 1 unspecified atom stereocenters. The summed E-state index contributed by atoms with van der Waals surface area (Å²) in [7, 11) is 0. The van der Waals surface area contributed by atoms with Crippen molar-refractivity contribution in [1.82, 2.24) is 4.98 Å². The summed E-state index contributed by atoms with van der Waals surface area (Å²) in [4.78, 5) is 4.35. The zero-order valence-electron chi connectivity index (χ0n) is 11.1. The molecule has 0 bridgehead atoms. The van der Waals surface area contributed by atoms with Crippen molar-refractivity contribution in [2.75, 3.05) is 0 Å². The average Bonchev–Trinajstić information content (AvgIpc) is 2.50. The largest absolute Gasteiger partial charge is 0.388 e. The lowest BCUT2D eigenvalue weighted by Crippen LogP contribution is -2.04. The SMILES string of the molecule is OC(Cc1ccccc1Cl)c1ccc(Cl)c2cccnc12. The van der Waals surface area contributed by atoms with Gasteiger partial charge in [-0.2, -0.15) is 0 Å². The highest BCUT2D eigenvalue weighted by molar-refractivity contribution is 6.35. The van der Waals surface area contributed by atoms with Crippen LogP contribution in [0.5, 0.6) is 0 Å². The number of halogens is 2. The molecule has 0 saturated carbocycles. The fourth-order valence-electron chi connectivity index (χ4n) is 2.41. The summed E-state index contributed by atoms with van der Waals surface area (Å²) in [5.74, 6) is 0. The normalized spacial score (nSPS) is 12.5. The molecule has 0 spiro atoms. The number of aliphatic hydroxyl groups is 1. The van der Waals surface area contributed by atoms with E-state index in [1.165, 1.54) is 0 Å². The molecule has 0 saturated heterocycles. The van der Waals surface area contributed by atoms with Crippen LogP contribution in [0, 0.1) is 0 Å². The van der Waals surface area contributed by atoms with Gasteiger partial charge in [-0.3, -0.25) is 4.98 Å². The first-order valence-electron chi connectivity index (χ1n) is 6.61. The lowest BCUT2D eigenvalue weighted by molar-refractivity contribution is 0.180. The van der Waals surface area contributed by atoms with E-state index >= 15 is 0 Å². The molecule has 2 aromatic carbocycles. The molecule has 0 aliphatic carbocycles. The van der Waals surface area contributed by atoms with Gasteiger partial charge in [0.05, 0.1) is 11.6 Å². The predicted molar refractivity (Wildman–Crippen MR) is 86.9 cm³/mol. The van der Waals surface area contributed by atoms with Crippen LogP contribution in [-0.2, 0) is 6.42 Å². The predicted octanol–water partition coefficient (Wildman–Crippen LogP) is 4.82. The molecule has 1 N–H and O–H groups in total. The molecular weight excluding hydrogens is 305 g/mol. The molecule has 3 aromatic rings. The molecule has 1 aromatic heterocycles. The van der Waals surface area contributed by atoms with E-state index in [2.05, 4.69) is 4.98 Å². The smallest absolute Gasteiger partial charge is 0.0851 e. The first-order chi connectivity index (χ1) is 10.2. The van der Waals surface area contributed by atoms with E-state index < -0.39 is 6.10 Å². The highest BCUT2D eigenvalue weighted by Gasteiger charge is 2.15. The molecule has 2 nitrogen and oxygen atoms in total. The number of aliphatic hydroxyl groups excluding tert-OH is 1. The van der Waals surface area contributed by atoms with E-state index in [9.17, 15) is 5.11 Å². The minimum absolute atomic E-state index is 0.437. The first-order valence-corrected chi connectivity index (χ1v) is 7.37. The molecule has 4 heteroatoms. The van der Waals surface area contributed by atoms with Crippen LogP contribution in [0.2, 0.25) is 10.0 Å². The standard InChI is InChI=1S/C17H13Cl2NO/c18-14-6-2-1-4-11(14)10-16(21)13-7-8-15(19)12-5-3-9-20-17(12)13/h1-9,16,21H,10H2. The van der Waals surface area contributed by atoms with Gasteiger partial charge in [-0.1, -0.05) is 47.5 Å². The van der Waals surface area contributed by atoms with Crippen molar-refractivity contribution >= 4 is 34.1 Å². The van der Waals surface area contributed by atoms with Crippen LogP contribution in [0.1, 0.15) is 17.2 Å². The van der Waals surface area contributed by atoms with Crippen molar-refractivity contribution < 1.29 is 5.11 Å². The third kappa shape index (κ3) is 2.88. The molecule has 1 atom stereocenters. The van der Waals surface area contributed by atoms with Crippen LogP contribution in [-0.4, -0.2) is 10.1 Å². The van der Waals surface area contributed by atoms with Crippen LogP contribution in [0.4, 0.5) is 0 Å². The quantitative estimate of drug-likeness (QED) is 0.751. The van der Waals surface area contributed by atoms with Gasteiger partial charge in [0.15, 0.2) is 0 Å². The number of fused-ring (bicyclic) bond motifs is 1. The Morgan fingerprint density at radius 3 is 2.57 bits per heavy atom. The third-order valence-electron chi connectivity index (χ3n) is 3.48. The zero-order chi connectivity index (χ0) is 14.8. The summed E-state index contributed by atoms with van der Waals surface area (Å²) in [5.41, 5.74) is 2.39. The van der Waals surface area contributed by atoms with Gasteiger partial charge < -0.3 is 5.11 Å². The lowest BCUT2D eigenvalue weighted by atomic mass is 9.99. The monoisotopic (exact) mass is 317 g/mol. The van der Waals surface area contributed by atoms with Crippen LogP contribution >= 0.6 is 23.2 Å².